The standard InChI is InChI=1S/C20H32BrN3O4.C12H9Cl2N/c1-5-23(6-2)14-17-12-16(13-18(21)19(17)22)20(26)28-11-9-24(7-3)8-10-27-15(4)25;13-10-7-4-8-11(14)12(10)15-9-5-2-1-3-6-9/h12-13H,5-11,14,22H2,1-4H3;1-8,15H. The Morgan fingerprint density at radius 1 is 0.860 bits per heavy atom. The number of nitrogen functional groups attached to an aromatic ring is 1. The molecule has 0 aromatic heterocycles. The number of rotatable bonds is 14. The maximum Gasteiger partial charge on any atom is 0.338 e. The van der Waals surface area contributed by atoms with E-state index in [1.54, 1.807) is 24.3 Å². The number of hydrogen-bond donors (Lipinski definition) is 2. The molecule has 234 valence electrons. The Kier molecular flexibility index (Phi) is 16.5. The number of esters is 2. The van der Waals surface area contributed by atoms with Crippen LogP contribution in [-0.4, -0.2) is 67.7 Å². The summed E-state index contributed by atoms with van der Waals surface area (Å²) in [4.78, 5) is 27.6. The van der Waals surface area contributed by atoms with Crippen LogP contribution in [0.25, 0.3) is 0 Å². The van der Waals surface area contributed by atoms with E-state index in [1.807, 2.05) is 43.3 Å². The summed E-state index contributed by atoms with van der Waals surface area (Å²) < 4.78 is 11.1. The minimum Gasteiger partial charge on any atom is -0.465 e. The first-order valence-corrected chi connectivity index (χ1v) is 15.7. The van der Waals surface area contributed by atoms with Crippen LogP contribution >= 0.6 is 39.1 Å². The maximum absolute atomic E-state index is 12.5. The molecule has 3 aromatic carbocycles. The summed E-state index contributed by atoms with van der Waals surface area (Å²) >= 11 is 15.5. The second kappa shape index (κ2) is 19.5. The molecule has 0 aliphatic carbocycles. The Morgan fingerprint density at radius 3 is 2.00 bits per heavy atom. The number of nitrogens with two attached hydrogens (primary N) is 1. The lowest BCUT2D eigenvalue weighted by Gasteiger charge is -2.21. The minimum atomic E-state index is -0.377. The van der Waals surface area contributed by atoms with E-state index in [-0.39, 0.29) is 18.5 Å². The number of hydrogen-bond acceptors (Lipinski definition) is 8. The molecule has 0 atom stereocenters. The second-order valence-electron chi connectivity index (χ2n) is 9.49. The summed E-state index contributed by atoms with van der Waals surface area (Å²) in [7, 11) is 0. The summed E-state index contributed by atoms with van der Waals surface area (Å²) in [6.07, 6.45) is 0. The average molecular weight is 697 g/mol. The van der Waals surface area contributed by atoms with Crippen molar-refractivity contribution in [1.29, 1.82) is 0 Å². The molecule has 3 rings (SSSR count). The Labute approximate surface area is 273 Å². The Bertz CT molecular complexity index is 1290. The average Bonchev–Trinajstić information content (AvgIpc) is 2.99. The van der Waals surface area contributed by atoms with Gasteiger partial charge in [-0.3, -0.25) is 14.6 Å². The fourth-order valence-electron chi connectivity index (χ4n) is 3.99. The van der Waals surface area contributed by atoms with Crippen LogP contribution in [-0.2, 0) is 20.8 Å². The lowest BCUT2D eigenvalue weighted by atomic mass is 10.1. The third-order valence-corrected chi connectivity index (χ3v) is 7.83. The Hall–Kier alpha value is -2.82. The molecule has 0 aliphatic heterocycles. The van der Waals surface area contributed by atoms with Gasteiger partial charge in [-0.1, -0.05) is 68.2 Å². The molecule has 43 heavy (non-hydrogen) atoms. The largest absolute Gasteiger partial charge is 0.465 e. The molecular weight excluding hydrogens is 655 g/mol. The fraction of sp³-hybridized carbons (Fsp3) is 0.375. The quantitative estimate of drug-likeness (QED) is 0.131. The molecule has 11 heteroatoms. The smallest absolute Gasteiger partial charge is 0.338 e. The predicted octanol–water partition coefficient (Wildman–Crippen LogP) is 7.65. The van der Waals surface area contributed by atoms with E-state index in [0.717, 1.165) is 36.6 Å². The molecule has 0 heterocycles. The van der Waals surface area contributed by atoms with E-state index in [0.29, 0.717) is 52.0 Å². The van der Waals surface area contributed by atoms with Crippen molar-refractivity contribution in [2.45, 2.75) is 34.2 Å². The Morgan fingerprint density at radius 2 is 1.44 bits per heavy atom. The first kappa shape index (κ1) is 36.4. The van der Waals surface area contributed by atoms with E-state index in [4.69, 9.17) is 38.4 Å². The first-order chi connectivity index (χ1) is 20.6. The molecule has 0 spiro atoms. The number of halogens is 3. The number of nitrogens with one attached hydrogen (secondary N) is 1. The summed E-state index contributed by atoms with van der Waals surface area (Å²) in [6, 6.07) is 18.7. The molecule has 0 radical (unpaired) electrons. The third kappa shape index (κ3) is 12.7. The zero-order valence-electron chi connectivity index (χ0n) is 25.2. The van der Waals surface area contributed by atoms with Crippen LogP contribution in [0.1, 0.15) is 43.6 Å². The monoisotopic (exact) mass is 694 g/mol. The van der Waals surface area contributed by atoms with Crippen LogP contribution < -0.4 is 11.1 Å². The number of nitrogens with zero attached hydrogens (tertiary/aromatic N) is 2. The molecule has 0 unspecified atom stereocenters. The molecule has 0 aliphatic rings. The van der Waals surface area contributed by atoms with Gasteiger partial charge in [0.25, 0.3) is 0 Å². The molecule has 0 amide bonds. The highest BCUT2D eigenvalue weighted by atomic mass is 79.9. The van der Waals surface area contributed by atoms with Crippen LogP contribution in [0.3, 0.4) is 0 Å². The molecular formula is C32H41BrCl2N4O4. The van der Waals surface area contributed by atoms with Crippen LogP contribution in [0, 0.1) is 0 Å². The van der Waals surface area contributed by atoms with E-state index in [9.17, 15) is 9.59 Å². The number of carbonyl (C=O) groups is 2. The molecule has 3 N–H and O–H groups in total. The van der Waals surface area contributed by atoms with Gasteiger partial charge in [0.05, 0.1) is 27.0 Å². The summed E-state index contributed by atoms with van der Waals surface area (Å²) in [6.45, 7) is 12.6. The van der Waals surface area contributed by atoms with Gasteiger partial charge in [0.1, 0.15) is 13.2 Å². The number of anilines is 3. The van der Waals surface area contributed by atoms with Crippen molar-refractivity contribution in [3.63, 3.8) is 0 Å². The molecule has 8 nitrogen and oxygen atoms in total. The SMILES string of the molecule is CCN(CCOC(C)=O)CCOC(=O)c1cc(Br)c(N)c(CN(CC)CC)c1.Clc1cccc(Cl)c1Nc1ccccc1. The van der Waals surface area contributed by atoms with E-state index in [2.05, 4.69) is 44.9 Å². The maximum atomic E-state index is 12.5. The van der Waals surface area contributed by atoms with Crippen molar-refractivity contribution in [3.8, 4) is 0 Å². The number of ether oxygens (including phenoxy) is 2. The van der Waals surface area contributed by atoms with Gasteiger partial charge in [-0.05, 0) is 77.5 Å². The normalized spacial score (nSPS) is 10.7. The van der Waals surface area contributed by atoms with Gasteiger partial charge < -0.3 is 20.5 Å². The van der Waals surface area contributed by atoms with Crippen molar-refractivity contribution in [3.05, 3.63) is 86.3 Å². The van der Waals surface area contributed by atoms with Crippen LogP contribution in [0.4, 0.5) is 17.1 Å². The van der Waals surface area contributed by atoms with E-state index < -0.39 is 0 Å². The highest BCUT2D eigenvalue weighted by Gasteiger charge is 2.15. The van der Waals surface area contributed by atoms with Gasteiger partial charge in [0.2, 0.25) is 0 Å². The van der Waals surface area contributed by atoms with Gasteiger partial charge in [-0.15, -0.1) is 0 Å². The molecule has 0 bridgehead atoms. The van der Waals surface area contributed by atoms with Crippen molar-refractivity contribution >= 4 is 68.1 Å². The molecule has 0 saturated heterocycles. The topological polar surface area (TPSA) is 97.1 Å². The molecule has 0 saturated carbocycles. The summed E-state index contributed by atoms with van der Waals surface area (Å²) in [5.74, 6) is -0.672. The molecule has 0 fully saturated rings. The van der Waals surface area contributed by atoms with Gasteiger partial charge in [-0.25, -0.2) is 4.79 Å². The first-order valence-electron chi connectivity index (χ1n) is 14.2. The van der Waals surface area contributed by atoms with Gasteiger partial charge in [-0.2, -0.15) is 0 Å². The summed E-state index contributed by atoms with van der Waals surface area (Å²) in [5.41, 5.74) is 9.90. The number of carbonyl (C=O) groups excluding carboxylic acids is 2. The second-order valence-corrected chi connectivity index (χ2v) is 11.2. The highest BCUT2D eigenvalue weighted by molar-refractivity contribution is 9.10. The van der Waals surface area contributed by atoms with Crippen molar-refractivity contribution in [2.75, 3.05) is 57.0 Å². The lowest BCUT2D eigenvalue weighted by Crippen LogP contribution is -2.31. The number of likely N-dealkylation sites (N-methyl/N-ethyl adjacent to an activating group) is 1. The highest BCUT2D eigenvalue weighted by Crippen LogP contribution is 2.32. The van der Waals surface area contributed by atoms with Crippen LogP contribution in [0.15, 0.2) is 65.1 Å². The Balaban J connectivity index is 0.000000358. The fourth-order valence-corrected chi connectivity index (χ4v) is 4.99. The third-order valence-electron chi connectivity index (χ3n) is 6.55. The van der Waals surface area contributed by atoms with Crippen molar-refractivity contribution in [1.82, 2.24) is 9.80 Å². The van der Waals surface area contributed by atoms with Crippen molar-refractivity contribution < 1.29 is 19.1 Å². The van der Waals surface area contributed by atoms with Crippen molar-refractivity contribution in [2.24, 2.45) is 0 Å². The summed E-state index contributed by atoms with van der Waals surface area (Å²) in [5, 5.41) is 4.41. The zero-order chi connectivity index (χ0) is 31.8. The van der Waals surface area contributed by atoms with E-state index in [1.165, 1.54) is 6.92 Å². The van der Waals surface area contributed by atoms with Crippen LogP contribution in [0.5, 0.6) is 0 Å². The van der Waals surface area contributed by atoms with Gasteiger partial charge in [0, 0.05) is 36.7 Å². The van der Waals surface area contributed by atoms with E-state index >= 15 is 0 Å². The predicted molar refractivity (Wildman–Crippen MR) is 180 cm³/mol. The van der Waals surface area contributed by atoms with Crippen LogP contribution in [0.2, 0.25) is 10.0 Å². The number of para-hydroxylation sites is 2. The van der Waals surface area contributed by atoms with Gasteiger partial charge in [0.15, 0.2) is 0 Å². The lowest BCUT2D eigenvalue weighted by molar-refractivity contribution is -0.141. The molecule has 3 aromatic rings. The number of benzene rings is 3. The minimum absolute atomic E-state index is 0.264. The zero-order valence-corrected chi connectivity index (χ0v) is 28.3. The van der Waals surface area contributed by atoms with Gasteiger partial charge >= 0.3 is 11.9 Å².